The van der Waals surface area contributed by atoms with Gasteiger partial charge in [0.25, 0.3) is 0 Å². The van der Waals surface area contributed by atoms with E-state index in [0.29, 0.717) is 39.4 Å². The van der Waals surface area contributed by atoms with Crippen LogP contribution in [0.5, 0.6) is 5.75 Å². The minimum absolute atomic E-state index is 0.134. The molecule has 1 unspecified atom stereocenters. The Morgan fingerprint density at radius 1 is 0.971 bits per heavy atom. The molecule has 3 aromatic carbocycles. The summed E-state index contributed by atoms with van der Waals surface area (Å²) < 4.78 is 24.5. The molecule has 5 nitrogen and oxygen atoms in total. The van der Waals surface area contributed by atoms with E-state index in [2.05, 4.69) is 5.32 Å². The summed E-state index contributed by atoms with van der Waals surface area (Å²) in [6.07, 6.45) is 0. The first kappa shape index (κ1) is 21.6. The van der Waals surface area contributed by atoms with Crippen LogP contribution in [-0.4, -0.2) is 18.9 Å². The fraction of sp³-hybridized carbons (Fsp3) is 0.143. The Balaban J connectivity index is 1.61. The predicted molar refractivity (Wildman–Crippen MR) is 125 cm³/mol. The maximum absolute atomic E-state index is 13.6. The molecule has 0 amide bonds. The van der Waals surface area contributed by atoms with Crippen LogP contribution in [0, 0.1) is 5.82 Å². The van der Waals surface area contributed by atoms with E-state index in [4.69, 9.17) is 9.47 Å². The Morgan fingerprint density at radius 3 is 2.38 bits per heavy atom. The lowest BCUT2D eigenvalue weighted by atomic mass is 9.79. The van der Waals surface area contributed by atoms with Crippen molar-refractivity contribution in [3.05, 3.63) is 118 Å². The Bertz CT molecular complexity index is 1370. The summed E-state index contributed by atoms with van der Waals surface area (Å²) in [6.45, 7) is 2.01. The van der Waals surface area contributed by atoms with Gasteiger partial charge in [0.15, 0.2) is 5.78 Å². The molecule has 3 aromatic rings. The van der Waals surface area contributed by atoms with Gasteiger partial charge in [-0.15, -0.1) is 0 Å². The zero-order valence-electron chi connectivity index (χ0n) is 18.7. The first-order chi connectivity index (χ1) is 16.5. The molecule has 0 radical (unpaired) electrons. The Kier molecular flexibility index (Phi) is 5.49. The Labute approximate surface area is 196 Å². The fourth-order valence-electron chi connectivity index (χ4n) is 4.61. The van der Waals surface area contributed by atoms with Crippen molar-refractivity contribution < 1.29 is 23.5 Å². The van der Waals surface area contributed by atoms with Gasteiger partial charge in [0, 0.05) is 28.0 Å². The topological polar surface area (TPSA) is 64.6 Å². The van der Waals surface area contributed by atoms with E-state index >= 15 is 0 Å². The third kappa shape index (κ3) is 3.57. The molecule has 0 spiro atoms. The molecule has 0 aromatic heterocycles. The monoisotopic (exact) mass is 455 g/mol. The highest BCUT2D eigenvalue weighted by Crippen LogP contribution is 2.48. The van der Waals surface area contributed by atoms with Gasteiger partial charge in [0.05, 0.1) is 24.3 Å². The summed E-state index contributed by atoms with van der Waals surface area (Å²) in [5.41, 5.74) is 5.04. The van der Waals surface area contributed by atoms with Crippen LogP contribution in [0.2, 0.25) is 0 Å². The van der Waals surface area contributed by atoms with Crippen molar-refractivity contribution in [3.8, 4) is 5.75 Å². The number of esters is 1. The Morgan fingerprint density at radius 2 is 1.65 bits per heavy atom. The van der Waals surface area contributed by atoms with Crippen molar-refractivity contribution in [1.29, 1.82) is 0 Å². The van der Waals surface area contributed by atoms with Crippen LogP contribution in [0.15, 0.2) is 89.6 Å². The molecular weight excluding hydrogens is 433 g/mol. The summed E-state index contributed by atoms with van der Waals surface area (Å²) in [5.74, 6) is -1.11. The largest absolute Gasteiger partial charge is 0.489 e. The summed E-state index contributed by atoms with van der Waals surface area (Å²) in [4.78, 5) is 26.5. The van der Waals surface area contributed by atoms with Gasteiger partial charge in [-0.05, 0) is 30.7 Å². The summed E-state index contributed by atoms with van der Waals surface area (Å²) >= 11 is 0. The Hall–Kier alpha value is -4.19. The van der Waals surface area contributed by atoms with Crippen molar-refractivity contribution in [2.75, 3.05) is 7.11 Å². The standard InChI is InChI=1S/C28H22FNO4/c1-16-23(28(32)33-2)24(25-26(30-16)19-7-3-4-8-20(19)27(25)31)21-9-5-6-10-22(21)34-15-17-11-13-18(29)14-12-17/h3-14,24,30H,15H2,1-2H3. The average Bonchev–Trinajstić information content (AvgIpc) is 3.14. The minimum Gasteiger partial charge on any atom is -0.489 e. The van der Waals surface area contributed by atoms with Crippen molar-refractivity contribution in [2.45, 2.75) is 19.4 Å². The van der Waals surface area contributed by atoms with Crippen LogP contribution in [0.4, 0.5) is 4.39 Å². The molecule has 0 bridgehead atoms. The first-order valence-corrected chi connectivity index (χ1v) is 10.9. The highest BCUT2D eigenvalue weighted by atomic mass is 19.1. The lowest BCUT2D eigenvalue weighted by molar-refractivity contribution is -0.136. The number of nitrogens with one attached hydrogen (secondary N) is 1. The molecule has 1 atom stereocenters. The zero-order valence-corrected chi connectivity index (χ0v) is 18.7. The molecule has 2 aliphatic rings. The number of carbonyl (C=O) groups is 2. The number of rotatable bonds is 5. The number of hydrogen-bond donors (Lipinski definition) is 1. The van der Waals surface area contributed by atoms with Gasteiger partial charge in [-0.3, -0.25) is 4.79 Å². The second kappa shape index (κ2) is 8.63. The molecule has 1 aliphatic heterocycles. The number of dihydropyridines is 1. The van der Waals surface area contributed by atoms with E-state index < -0.39 is 11.9 Å². The van der Waals surface area contributed by atoms with Crippen LogP contribution in [0.25, 0.3) is 5.70 Å². The van der Waals surface area contributed by atoms with Crippen molar-refractivity contribution in [3.63, 3.8) is 0 Å². The smallest absolute Gasteiger partial charge is 0.336 e. The molecule has 5 rings (SSSR count). The maximum Gasteiger partial charge on any atom is 0.336 e. The molecule has 0 saturated carbocycles. The van der Waals surface area contributed by atoms with Crippen LogP contribution in [0.1, 0.15) is 39.9 Å². The van der Waals surface area contributed by atoms with Crippen LogP contribution < -0.4 is 10.1 Å². The number of fused-ring (bicyclic) bond motifs is 2. The lowest BCUT2D eigenvalue weighted by Crippen LogP contribution is -2.29. The quantitative estimate of drug-likeness (QED) is 0.540. The van der Waals surface area contributed by atoms with Crippen molar-refractivity contribution in [1.82, 2.24) is 5.32 Å². The highest BCUT2D eigenvalue weighted by Gasteiger charge is 2.43. The van der Waals surface area contributed by atoms with Crippen LogP contribution in [0.3, 0.4) is 0 Å². The van der Waals surface area contributed by atoms with E-state index in [9.17, 15) is 14.0 Å². The van der Waals surface area contributed by atoms with Gasteiger partial charge >= 0.3 is 5.97 Å². The molecule has 6 heteroatoms. The predicted octanol–water partition coefficient (Wildman–Crippen LogP) is 5.15. The number of hydrogen-bond acceptors (Lipinski definition) is 5. The van der Waals surface area contributed by atoms with E-state index in [1.54, 1.807) is 31.2 Å². The molecule has 1 aliphatic carbocycles. The first-order valence-electron chi connectivity index (χ1n) is 10.9. The molecule has 34 heavy (non-hydrogen) atoms. The number of ketones is 1. The number of allylic oxidation sites excluding steroid dienone is 2. The minimum atomic E-state index is -0.673. The van der Waals surface area contributed by atoms with Gasteiger partial charge in [-0.1, -0.05) is 54.6 Å². The maximum atomic E-state index is 13.6. The number of para-hydroxylation sites is 1. The molecule has 0 saturated heterocycles. The number of halogens is 1. The zero-order chi connectivity index (χ0) is 23.8. The lowest BCUT2D eigenvalue weighted by Gasteiger charge is -2.30. The fourth-order valence-corrected chi connectivity index (χ4v) is 4.61. The summed E-state index contributed by atoms with van der Waals surface area (Å²) in [7, 11) is 1.33. The average molecular weight is 455 g/mol. The van der Waals surface area contributed by atoms with Crippen molar-refractivity contribution in [2.24, 2.45) is 0 Å². The van der Waals surface area contributed by atoms with Crippen molar-refractivity contribution >= 4 is 17.4 Å². The SMILES string of the molecule is COC(=O)C1=C(C)NC2=C(C(=O)c3ccccc32)C1c1ccccc1OCc1ccc(F)cc1. The molecule has 0 fully saturated rings. The van der Waals surface area contributed by atoms with Crippen LogP contribution >= 0.6 is 0 Å². The molecule has 170 valence electrons. The number of carbonyl (C=O) groups excluding carboxylic acids is 2. The van der Waals surface area contributed by atoms with Gasteiger partial charge in [-0.2, -0.15) is 0 Å². The number of benzene rings is 3. The normalized spacial score (nSPS) is 16.7. The van der Waals surface area contributed by atoms with Crippen LogP contribution in [-0.2, 0) is 16.1 Å². The molecule has 1 N–H and O–H groups in total. The van der Waals surface area contributed by atoms with E-state index in [-0.39, 0.29) is 18.2 Å². The van der Waals surface area contributed by atoms with E-state index in [0.717, 1.165) is 11.1 Å². The second-order valence-electron chi connectivity index (χ2n) is 8.20. The van der Waals surface area contributed by atoms with E-state index in [1.807, 2.05) is 36.4 Å². The number of methoxy groups -OCH3 is 1. The summed E-state index contributed by atoms with van der Waals surface area (Å²) in [6, 6.07) is 20.8. The number of Topliss-reactive ketones (excluding diaryl/α,β-unsaturated/α-hetero) is 1. The second-order valence-corrected chi connectivity index (χ2v) is 8.20. The van der Waals surface area contributed by atoms with Gasteiger partial charge in [0.1, 0.15) is 18.2 Å². The number of ether oxygens (including phenoxy) is 2. The van der Waals surface area contributed by atoms with Gasteiger partial charge in [0.2, 0.25) is 0 Å². The summed E-state index contributed by atoms with van der Waals surface area (Å²) in [5, 5.41) is 3.27. The molecule has 1 heterocycles. The highest BCUT2D eigenvalue weighted by molar-refractivity contribution is 6.23. The third-order valence-electron chi connectivity index (χ3n) is 6.19. The van der Waals surface area contributed by atoms with Gasteiger partial charge in [-0.25, -0.2) is 9.18 Å². The van der Waals surface area contributed by atoms with E-state index in [1.165, 1.54) is 19.2 Å². The third-order valence-corrected chi connectivity index (χ3v) is 6.19. The van der Waals surface area contributed by atoms with Gasteiger partial charge < -0.3 is 14.8 Å². The molecular formula is C28H22FNO4.